The van der Waals surface area contributed by atoms with Crippen molar-refractivity contribution in [1.82, 2.24) is 4.90 Å². The highest BCUT2D eigenvalue weighted by molar-refractivity contribution is 5.76. The van der Waals surface area contributed by atoms with Crippen LogP contribution in [-0.2, 0) is 13.0 Å². The molecule has 1 fully saturated rings. The average Bonchev–Trinajstić information content (AvgIpc) is 3.18. The van der Waals surface area contributed by atoms with E-state index >= 15 is 0 Å². The van der Waals surface area contributed by atoms with E-state index in [-0.39, 0.29) is 0 Å². The molecule has 0 atom stereocenters. The molecule has 0 bridgehead atoms. The second-order valence-electron chi connectivity index (χ2n) is 8.59. The van der Waals surface area contributed by atoms with Crippen molar-refractivity contribution >= 4 is 11.4 Å². The first-order chi connectivity index (χ1) is 14.9. The van der Waals surface area contributed by atoms with Gasteiger partial charge < -0.3 is 14.7 Å². The molecule has 30 heavy (non-hydrogen) atoms. The number of piperidine rings is 1. The second kappa shape index (κ2) is 8.93. The smallest absolute Gasteiger partial charge is 0.0910 e. The quantitative estimate of drug-likeness (QED) is 0.568. The molecule has 0 amide bonds. The minimum absolute atomic E-state index is 0.639. The van der Waals surface area contributed by atoms with Crippen LogP contribution in [0.5, 0.6) is 0 Å². The fourth-order valence-electron chi connectivity index (χ4n) is 4.95. The maximum atomic E-state index is 2.66. The summed E-state index contributed by atoms with van der Waals surface area (Å²) in [4.78, 5) is 7.84. The van der Waals surface area contributed by atoms with E-state index in [0.29, 0.717) is 6.04 Å². The number of rotatable bonds is 6. The monoisotopic (exact) mass is 397 g/mol. The molecule has 3 aromatic carbocycles. The highest BCUT2D eigenvalue weighted by atomic mass is 15.4. The third-order valence-corrected chi connectivity index (χ3v) is 6.63. The molecule has 0 spiro atoms. The molecule has 0 radical (unpaired) electrons. The molecular weight excluding hydrogens is 366 g/mol. The maximum Gasteiger partial charge on any atom is 0.0910 e. The minimum atomic E-state index is 0.639. The number of benzene rings is 3. The Morgan fingerprint density at radius 2 is 1.27 bits per heavy atom. The SMILES string of the molecule is c1ccc(CCN2CCC(N3CN(Cc4ccccc4)c4ccccc43)CC2)cc1. The van der Waals surface area contributed by atoms with Crippen molar-refractivity contribution in [2.45, 2.75) is 31.8 Å². The van der Waals surface area contributed by atoms with Crippen LogP contribution in [0.3, 0.4) is 0 Å². The topological polar surface area (TPSA) is 9.72 Å². The zero-order valence-electron chi connectivity index (χ0n) is 17.7. The molecule has 0 aliphatic carbocycles. The van der Waals surface area contributed by atoms with E-state index in [9.17, 15) is 0 Å². The van der Waals surface area contributed by atoms with Crippen molar-refractivity contribution in [2.24, 2.45) is 0 Å². The van der Waals surface area contributed by atoms with Gasteiger partial charge in [0.05, 0.1) is 18.0 Å². The van der Waals surface area contributed by atoms with Gasteiger partial charge in [0.1, 0.15) is 0 Å². The Labute approximate surface area is 180 Å². The minimum Gasteiger partial charge on any atom is -0.349 e. The predicted octanol–water partition coefficient (Wildman–Crippen LogP) is 5.18. The average molecular weight is 398 g/mol. The molecule has 2 aliphatic heterocycles. The van der Waals surface area contributed by atoms with Crippen molar-refractivity contribution in [3.63, 3.8) is 0 Å². The lowest BCUT2D eigenvalue weighted by Gasteiger charge is -2.38. The van der Waals surface area contributed by atoms with Crippen molar-refractivity contribution in [3.05, 3.63) is 96.1 Å². The van der Waals surface area contributed by atoms with Crippen LogP contribution in [0.15, 0.2) is 84.9 Å². The van der Waals surface area contributed by atoms with Gasteiger partial charge in [-0.3, -0.25) is 0 Å². The predicted molar refractivity (Wildman–Crippen MR) is 126 cm³/mol. The molecule has 1 saturated heterocycles. The van der Waals surface area contributed by atoms with Crippen LogP contribution in [0, 0.1) is 0 Å². The molecule has 154 valence electrons. The van der Waals surface area contributed by atoms with Crippen molar-refractivity contribution < 1.29 is 0 Å². The molecule has 0 aromatic heterocycles. The van der Waals surface area contributed by atoms with Crippen LogP contribution in [0.25, 0.3) is 0 Å². The van der Waals surface area contributed by atoms with Crippen LogP contribution < -0.4 is 9.80 Å². The number of fused-ring (bicyclic) bond motifs is 1. The highest BCUT2D eigenvalue weighted by Gasteiger charge is 2.32. The van der Waals surface area contributed by atoms with E-state index in [1.165, 1.54) is 55.0 Å². The van der Waals surface area contributed by atoms with Gasteiger partial charge in [0.2, 0.25) is 0 Å². The molecule has 3 nitrogen and oxygen atoms in total. The Bertz CT molecular complexity index is 933. The molecular formula is C27H31N3. The molecule has 3 heteroatoms. The largest absolute Gasteiger partial charge is 0.349 e. The fraction of sp³-hybridized carbons (Fsp3) is 0.333. The normalized spacial score (nSPS) is 17.3. The molecule has 0 N–H and O–H groups in total. The van der Waals surface area contributed by atoms with Gasteiger partial charge in [-0.1, -0.05) is 72.8 Å². The summed E-state index contributed by atoms with van der Waals surface area (Å²) in [5.41, 5.74) is 5.62. The second-order valence-corrected chi connectivity index (χ2v) is 8.59. The lowest BCUT2D eigenvalue weighted by Crippen LogP contribution is -2.46. The van der Waals surface area contributed by atoms with Gasteiger partial charge in [-0.05, 0) is 42.5 Å². The Kier molecular flexibility index (Phi) is 5.71. The summed E-state index contributed by atoms with van der Waals surface area (Å²) in [5.74, 6) is 0. The number of nitrogens with zero attached hydrogens (tertiary/aromatic N) is 3. The first kappa shape index (κ1) is 19.2. The lowest BCUT2D eigenvalue weighted by molar-refractivity contribution is 0.211. The first-order valence-corrected chi connectivity index (χ1v) is 11.3. The zero-order chi connectivity index (χ0) is 20.2. The molecule has 0 unspecified atom stereocenters. The molecule has 2 aliphatic rings. The van der Waals surface area contributed by atoms with Crippen LogP contribution >= 0.6 is 0 Å². The van der Waals surface area contributed by atoms with E-state index in [0.717, 1.165) is 19.6 Å². The van der Waals surface area contributed by atoms with Crippen LogP contribution in [0.2, 0.25) is 0 Å². The highest BCUT2D eigenvalue weighted by Crippen LogP contribution is 2.39. The molecule has 0 saturated carbocycles. The summed E-state index contributed by atoms with van der Waals surface area (Å²) in [6.07, 6.45) is 3.66. The summed E-state index contributed by atoms with van der Waals surface area (Å²) >= 11 is 0. The molecule has 2 heterocycles. The van der Waals surface area contributed by atoms with E-state index in [1.54, 1.807) is 0 Å². The number of hydrogen-bond donors (Lipinski definition) is 0. The van der Waals surface area contributed by atoms with Crippen LogP contribution in [-0.4, -0.2) is 37.2 Å². The standard InChI is InChI=1S/C27H31N3/c1-3-9-23(10-4-1)15-18-28-19-16-25(17-20-28)30-22-29(21-24-11-5-2-6-12-24)26-13-7-8-14-27(26)30/h1-14,25H,15-22H2. The van der Waals surface area contributed by atoms with E-state index in [4.69, 9.17) is 0 Å². The summed E-state index contributed by atoms with van der Waals surface area (Å²) in [6.45, 7) is 5.56. The number of hydrogen-bond acceptors (Lipinski definition) is 3. The molecule has 3 aromatic rings. The van der Waals surface area contributed by atoms with E-state index < -0.39 is 0 Å². The van der Waals surface area contributed by atoms with Gasteiger partial charge in [-0.15, -0.1) is 0 Å². The summed E-state index contributed by atoms with van der Waals surface area (Å²) < 4.78 is 0. The molecule has 5 rings (SSSR count). The van der Waals surface area contributed by atoms with Gasteiger partial charge >= 0.3 is 0 Å². The Morgan fingerprint density at radius 3 is 1.97 bits per heavy atom. The van der Waals surface area contributed by atoms with Crippen molar-refractivity contribution in [3.8, 4) is 0 Å². The number of likely N-dealkylation sites (tertiary alicyclic amines) is 1. The lowest BCUT2D eigenvalue weighted by atomic mass is 10.0. The van der Waals surface area contributed by atoms with E-state index in [1.807, 2.05) is 0 Å². The van der Waals surface area contributed by atoms with Gasteiger partial charge in [-0.25, -0.2) is 0 Å². The van der Waals surface area contributed by atoms with Gasteiger partial charge in [0.15, 0.2) is 0 Å². The van der Waals surface area contributed by atoms with E-state index in [2.05, 4.69) is 99.6 Å². The van der Waals surface area contributed by atoms with Crippen molar-refractivity contribution in [2.75, 3.05) is 36.1 Å². The summed E-state index contributed by atoms with van der Waals surface area (Å²) in [5, 5.41) is 0. The van der Waals surface area contributed by atoms with Crippen LogP contribution in [0.1, 0.15) is 24.0 Å². The summed E-state index contributed by atoms with van der Waals surface area (Å²) in [6, 6.07) is 31.3. The Morgan fingerprint density at radius 1 is 0.667 bits per heavy atom. The number of anilines is 2. The zero-order valence-corrected chi connectivity index (χ0v) is 17.7. The Hall–Kier alpha value is -2.78. The van der Waals surface area contributed by atoms with Crippen molar-refractivity contribution in [1.29, 1.82) is 0 Å². The van der Waals surface area contributed by atoms with Gasteiger partial charge in [0, 0.05) is 32.2 Å². The maximum absolute atomic E-state index is 2.66. The third-order valence-electron chi connectivity index (χ3n) is 6.63. The summed E-state index contributed by atoms with van der Waals surface area (Å²) in [7, 11) is 0. The fourth-order valence-corrected chi connectivity index (χ4v) is 4.95. The van der Waals surface area contributed by atoms with Gasteiger partial charge in [-0.2, -0.15) is 0 Å². The first-order valence-electron chi connectivity index (χ1n) is 11.3. The Balaban J connectivity index is 1.21. The van der Waals surface area contributed by atoms with Crippen LogP contribution in [0.4, 0.5) is 11.4 Å². The third kappa shape index (κ3) is 4.22. The van der Waals surface area contributed by atoms with Gasteiger partial charge in [0.25, 0.3) is 0 Å². The number of para-hydroxylation sites is 2.